The second kappa shape index (κ2) is 4.85. The first-order valence-corrected chi connectivity index (χ1v) is 7.40. The summed E-state index contributed by atoms with van der Waals surface area (Å²) in [6.45, 7) is 0. The molecule has 4 nitrogen and oxygen atoms in total. The van der Waals surface area contributed by atoms with Gasteiger partial charge in [0.2, 0.25) is 0 Å². The Hall–Kier alpha value is -1.42. The molecule has 0 spiro atoms. The van der Waals surface area contributed by atoms with Gasteiger partial charge in [-0.25, -0.2) is 0 Å². The summed E-state index contributed by atoms with van der Waals surface area (Å²) < 4.78 is 0. The summed E-state index contributed by atoms with van der Waals surface area (Å²) in [6, 6.07) is 0.568. The summed E-state index contributed by atoms with van der Waals surface area (Å²) >= 11 is 0. The SMILES string of the molecule is CN1C(C2(N(C)C)CCC(=O)CC2)=NC2C=CC=CC21. The van der Waals surface area contributed by atoms with E-state index in [0.717, 1.165) is 18.7 Å². The molecule has 0 aromatic carbocycles. The molecule has 0 aromatic heterocycles. The van der Waals surface area contributed by atoms with Crippen molar-refractivity contribution in [2.45, 2.75) is 43.3 Å². The maximum Gasteiger partial charge on any atom is 0.133 e. The minimum atomic E-state index is -0.0817. The van der Waals surface area contributed by atoms with E-state index in [0.29, 0.717) is 24.7 Å². The number of allylic oxidation sites excluding steroid dienone is 2. The Bertz CT molecular complexity index is 494. The molecule has 0 bridgehead atoms. The highest BCUT2D eigenvalue weighted by molar-refractivity contribution is 5.96. The summed E-state index contributed by atoms with van der Waals surface area (Å²) in [5, 5.41) is 0. The largest absolute Gasteiger partial charge is 0.353 e. The molecular weight excluding hydrogens is 250 g/mol. The fourth-order valence-corrected chi connectivity index (χ4v) is 3.70. The number of fused-ring (bicyclic) bond motifs is 1. The molecule has 4 heteroatoms. The third kappa shape index (κ3) is 1.94. The molecule has 2 atom stereocenters. The number of nitrogens with zero attached hydrogens (tertiary/aromatic N) is 3. The Kier molecular flexibility index (Phi) is 3.28. The van der Waals surface area contributed by atoms with Crippen LogP contribution < -0.4 is 0 Å². The number of Topliss-reactive ketones (excluding diaryl/α,β-unsaturated/α-hetero) is 1. The zero-order valence-electron chi connectivity index (χ0n) is 12.5. The van der Waals surface area contributed by atoms with E-state index in [1.54, 1.807) is 0 Å². The lowest BCUT2D eigenvalue weighted by Crippen LogP contribution is -2.58. The zero-order chi connectivity index (χ0) is 14.3. The maximum atomic E-state index is 11.6. The fourth-order valence-electron chi connectivity index (χ4n) is 3.70. The molecule has 1 aliphatic heterocycles. The van der Waals surface area contributed by atoms with E-state index in [9.17, 15) is 4.79 Å². The molecule has 2 aliphatic carbocycles. The number of aliphatic imine (C=N–C) groups is 1. The first-order chi connectivity index (χ1) is 9.54. The van der Waals surface area contributed by atoms with Gasteiger partial charge in [0.15, 0.2) is 0 Å². The van der Waals surface area contributed by atoms with Gasteiger partial charge in [0.25, 0.3) is 0 Å². The molecule has 0 saturated heterocycles. The van der Waals surface area contributed by atoms with Crippen LogP contribution in [0.1, 0.15) is 25.7 Å². The lowest BCUT2D eigenvalue weighted by molar-refractivity contribution is -0.121. The first-order valence-electron chi connectivity index (χ1n) is 7.40. The Morgan fingerprint density at radius 3 is 2.50 bits per heavy atom. The number of carbonyl (C=O) groups excluding carboxylic acids is 1. The van der Waals surface area contributed by atoms with Crippen molar-refractivity contribution >= 4 is 11.6 Å². The van der Waals surface area contributed by atoms with Gasteiger partial charge in [-0.05, 0) is 26.9 Å². The normalized spacial score (nSPS) is 31.7. The Balaban J connectivity index is 1.94. The van der Waals surface area contributed by atoms with Crippen molar-refractivity contribution in [1.82, 2.24) is 9.80 Å². The number of hydrogen-bond donors (Lipinski definition) is 0. The molecular formula is C16H23N3O. The van der Waals surface area contributed by atoms with Crippen LogP contribution in [0.25, 0.3) is 0 Å². The summed E-state index contributed by atoms with van der Waals surface area (Å²) in [4.78, 5) is 21.2. The van der Waals surface area contributed by atoms with Crippen LogP contribution in [0.4, 0.5) is 0 Å². The van der Waals surface area contributed by atoms with Crippen LogP contribution in [-0.4, -0.2) is 60.2 Å². The van der Waals surface area contributed by atoms with E-state index >= 15 is 0 Å². The van der Waals surface area contributed by atoms with Crippen molar-refractivity contribution in [3.8, 4) is 0 Å². The number of hydrogen-bond acceptors (Lipinski definition) is 4. The highest BCUT2D eigenvalue weighted by Gasteiger charge is 2.47. The summed E-state index contributed by atoms with van der Waals surface area (Å²) in [5.41, 5.74) is -0.0817. The summed E-state index contributed by atoms with van der Waals surface area (Å²) in [5.74, 6) is 1.54. The van der Waals surface area contributed by atoms with E-state index in [2.05, 4.69) is 55.2 Å². The lowest BCUT2D eigenvalue weighted by atomic mass is 9.78. The van der Waals surface area contributed by atoms with Crippen molar-refractivity contribution in [3.63, 3.8) is 0 Å². The molecule has 0 amide bonds. The van der Waals surface area contributed by atoms with Crippen LogP contribution in [-0.2, 0) is 4.79 Å². The van der Waals surface area contributed by atoms with Gasteiger partial charge in [-0.1, -0.05) is 24.3 Å². The minimum Gasteiger partial charge on any atom is -0.353 e. The van der Waals surface area contributed by atoms with Crippen LogP contribution in [0.15, 0.2) is 29.3 Å². The topological polar surface area (TPSA) is 35.9 Å². The van der Waals surface area contributed by atoms with Crippen molar-refractivity contribution in [2.24, 2.45) is 4.99 Å². The monoisotopic (exact) mass is 273 g/mol. The molecule has 0 radical (unpaired) electrons. The van der Waals surface area contributed by atoms with Crippen LogP contribution in [0, 0.1) is 0 Å². The van der Waals surface area contributed by atoms with Gasteiger partial charge in [0, 0.05) is 19.9 Å². The molecule has 3 rings (SSSR count). The molecule has 1 saturated carbocycles. The van der Waals surface area contributed by atoms with Crippen molar-refractivity contribution in [1.29, 1.82) is 0 Å². The number of likely N-dealkylation sites (N-methyl/N-ethyl adjacent to an activating group) is 2. The minimum absolute atomic E-state index is 0.0817. The molecule has 0 N–H and O–H groups in total. The van der Waals surface area contributed by atoms with Gasteiger partial charge in [0.05, 0.1) is 17.6 Å². The highest BCUT2D eigenvalue weighted by atomic mass is 16.1. The van der Waals surface area contributed by atoms with Gasteiger partial charge in [-0.2, -0.15) is 0 Å². The zero-order valence-corrected chi connectivity index (χ0v) is 12.5. The Morgan fingerprint density at radius 1 is 1.25 bits per heavy atom. The second-order valence-electron chi connectivity index (χ2n) is 6.28. The van der Waals surface area contributed by atoms with Crippen molar-refractivity contribution < 1.29 is 4.79 Å². The van der Waals surface area contributed by atoms with Crippen molar-refractivity contribution in [2.75, 3.05) is 21.1 Å². The van der Waals surface area contributed by atoms with E-state index in [-0.39, 0.29) is 11.6 Å². The lowest BCUT2D eigenvalue weighted by Gasteiger charge is -2.45. The fraction of sp³-hybridized carbons (Fsp3) is 0.625. The maximum absolute atomic E-state index is 11.6. The quantitative estimate of drug-likeness (QED) is 0.767. The predicted octanol–water partition coefficient (Wildman–Crippen LogP) is 1.64. The molecule has 20 heavy (non-hydrogen) atoms. The third-order valence-electron chi connectivity index (χ3n) is 5.04. The van der Waals surface area contributed by atoms with Crippen LogP contribution in [0.2, 0.25) is 0 Å². The van der Waals surface area contributed by atoms with E-state index < -0.39 is 0 Å². The van der Waals surface area contributed by atoms with Gasteiger partial charge in [-0.15, -0.1) is 0 Å². The van der Waals surface area contributed by atoms with Crippen LogP contribution in [0.5, 0.6) is 0 Å². The molecule has 2 unspecified atom stereocenters. The first kappa shape index (κ1) is 13.6. The highest BCUT2D eigenvalue weighted by Crippen LogP contribution is 2.37. The predicted molar refractivity (Wildman–Crippen MR) is 80.9 cm³/mol. The Morgan fingerprint density at radius 2 is 1.90 bits per heavy atom. The number of amidine groups is 1. The molecule has 3 aliphatic rings. The number of carbonyl (C=O) groups is 1. The molecule has 0 aromatic rings. The van der Waals surface area contributed by atoms with Crippen molar-refractivity contribution in [3.05, 3.63) is 24.3 Å². The Labute approximate surface area is 120 Å². The second-order valence-corrected chi connectivity index (χ2v) is 6.28. The van der Waals surface area contributed by atoms with E-state index in [4.69, 9.17) is 4.99 Å². The average Bonchev–Trinajstić information content (AvgIpc) is 2.78. The van der Waals surface area contributed by atoms with Gasteiger partial charge >= 0.3 is 0 Å². The molecule has 1 heterocycles. The van der Waals surface area contributed by atoms with Gasteiger partial charge in [0.1, 0.15) is 11.6 Å². The third-order valence-corrected chi connectivity index (χ3v) is 5.04. The number of ketones is 1. The number of rotatable bonds is 2. The smallest absolute Gasteiger partial charge is 0.133 e. The molecule has 108 valence electrons. The van der Waals surface area contributed by atoms with E-state index in [1.165, 1.54) is 0 Å². The van der Waals surface area contributed by atoms with Gasteiger partial charge < -0.3 is 4.90 Å². The van der Waals surface area contributed by atoms with Crippen LogP contribution >= 0.6 is 0 Å². The van der Waals surface area contributed by atoms with Crippen LogP contribution in [0.3, 0.4) is 0 Å². The standard InChI is InChI=1S/C16H23N3O/c1-18(2)16(10-8-12(20)9-11-16)15-17-13-6-4-5-7-14(13)19(15)3/h4-7,13-14H,8-11H2,1-3H3. The average molecular weight is 273 g/mol. The van der Waals surface area contributed by atoms with E-state index in [1.807, 2.05) is 0 Å². The summed E-state index contributed by atoms with van der Waals surface area (Å²) in [7, 11) is 6.36. The van der Waals surface area contributed by atoms with Gasteiger partial charge in [-0.3, -0.25) is 14.7 Å². The summed E-state index contributed by atoms with van der Waals surface area (Å²) in [6.07, 6.45) is 11.7. The molecule has 1 fully saturated rings.